The largest absolute Gasteiger partial charge is 0.464 e. The van der Waals surface area contributed by atoms with E-state index in [1.807, 2.05) is 0 Å². The number of benzene rings is 2. The Labute approximate surface area is 233 Å². The molecular weight excluding hydrogens is 564 g/mol. The Hall–Kier alpha value is -2.95. The van der Waals surface area contributed by atoms with Crippen LogP contribution in [0.2, 0.25) is 0 Å². The average molecular weight is 594 g/mol. The van der Waals surface area contributed by atoms with Gasteiger partial charge in [0.25, 0.3) is 0 Å². The fourth-order valence-electron chi connectivity index (χ4n) is 4.77. The van der Waals surface area contributed by atoms with Crippen LogP contribution in [0.15, 0.2) is 48.5 Å². The van der Waals surface area contributed by atoms with Gasteiger partial charge in [-0.15, -0.1) is 11.6 Å². The summed E-state index contributed by atoms with van der Waals surface area (Å²) in [6.07, 6.45) is -9.90. The van der Waals surface area contributed by atoms with Crippen molar-refractivity contribution in [2.75, 3.05) is 13.2 Å². The maximum absolute atomic E-state index is 13.3. The highest BCUT2D eigenvalue weighted by molar-refractivity contribution is 6.26. The Bertz CT molecular complexity index is 1130. The Morgan fingerprint density at radius 3 is 1.65 bits per heavy atom. The lowest BCUT2D eigenvalue weighted by atomic mass is 9.73. The summed E-state index contributed by atoms with van der Waals surface area (Å²) in [7, 11) is 0. The Morgan fingerprint density at radius 1 is 0.850 bits per heavy atom. The summed E-state index contributed by atoms with van der Waals surface area (Å²) >= 11 is 7.23. The van der Waals surface area contributed by atoms with Crippen molar-refractivity contribution in [3.05, 3.63) is 70.8 Å². The van der Waals surface area contributed by atoms with Crippen LogP contribution in [0.4, 0.5) is 31.1 Å². The third kappa shape index (κ3) is 7.03. The van der Waals surface area contributed by atoms with Crippen LogP contribution >= 0.6 is 11.6 Å². The predicted molar refractivity (Wildman–Crippen MR) is 136 cm³/mol. The van der Waals surface area contributed by atoms with Crippen molar-refractivity contribution in [3.63, 3.8) is 0 Å². The van der Waals surface area contributed by atoms with Crippen LogP contribution in [0.1, 0.15) is 62.8 Å². The van der Waals surface area contributed by atoms with Crippen molar-refractivity contribution < 1.29 is 45.4 Å². The van der Waals surface area contributed by atoms with Crippen molar-refractivity contribution in [2.24, 2.45) is 5.92 Å². The van der Waals surface area contributed by atoms with Gasteiger partial charge in [-0.05, 0) is 81.8 Å². The van der Waals surface area contributed by atoms with E-state index in [0.717, 1.165) is 24.3 Å². The minimum absolute atomic E-state index is 0.0151. The van der Waals surface area contributed by atoms with Gasteiger partial charge in [0.2, 0.25) is 0 Å². The first-order chi connectivity index (χ1) is 18.4. The molecule has 0 bridgehead atoms. The van der Waals surface area contributed by atoms with Crippen molar-refractivity contribution in [1.29, 1.82) is 0 Å². The number of hydrogen-bond acceptors (Lipinski definition) is 4. The Morgan fingerprint density at radius 2 is 1.27 bits per heavy atom. The number of amides is 1. The normalized spacial score (nSPS) is 18.8. The summed E-state index contributed by atoms with van der Waals surface area (Å²) in [6, 6.07) is 6.92. The molecule has 0 aromatic heterocycles. The minimum atomic E-state index is -4.62. The molecule has 0 N–H and O–H groups in total. The molecule has 2 atom stereocenters. The molecule has 2 aromatic carbocycles. The van der Waals surface area contributed by atoms with Crippen LogP contribution in [0.5, 0.6) is 0 Å². The number of carbonyl (C=O) groups excluding carboxylic acids is 2. The Kier molecular flexibility index (Phi) is 9.08. The molecule has 220 valence electrons. The summed E-state index contributed by atoms with van der Waals surface area (Å²) in [5.41, 5.74) is -2.32. The van der Waals surface area contributed by atoms with E-state index in [-0.39, 0.29) is 37.1 Å². The maximum atomic E-state index is 13.3. The zero-order chi connectivity index (χ0) is 30.1. The third-order valence-electron chi connectivity index (χ3n) is 6.62. The van der Waals surface area contributed by atoms with Crippen molar-refractivity contribution in [3.8, 4) is 0 Å². The van der Waals surface area contributed by atoms with Crippen LogP contribution in [-0.4, -0.2) is 41.8 Å². The number of ether oxygens (including phenoxy) is 2. The fourth-order valence-corrected chi connectivity index (χ4v) is 5.22. The topological polar surface area (TPSA) is 55.8 Å². The van der Waals surface area contributed by atoms with Gasteiger partial charge in [0, 0.05) is 6.54 Å². The van der Waals surface area contributed by atoms with Crippen LogP contribution < -0.4 is 0 Å². The molecule has 1 amide bonds. The van der Waals surface area contributed by atoms with E-state index < -0.39 is 58.0 Å². The number of likely N-dealkylation sites (tertiary alicyclic amines) is 1. The highest BCUT2D eigenvalue weighted by Crippen LogP contribution is 2.49. The number of alkyl halides is 7. The molecule has 1 aliphatic heterocycles. The van der Waals surface area contributed by atoms with Gasteiger partial charge in [-0.1, -0.05) is 24.3 Å². The van der Waals surface area contributed by atoms with E-state index >= 15 is 0 Å². The first kappa shape index (κ1) is 31.6. The predicted octanol–water partition coefficient (Wildman–Crippen LogP) is 7.79. The second kappa shape index (κ2) is 11.5. The van der Waals surface area contributed by atoms with Gasteiger partial charge in [-0.2, -0.15) is 26.3 Å². The zero-order valence-corrected chi connectivity index (χ0v) is 23.1. The lowest BCUT2D eigenvalue weighted by Gasteiger charge is -2.45. The van der Waals surface area contributed by atoms with Crippen LogP contribution in [-0.2, 0) is 31.5 Å². The second-order valence-corrected chi connectivity index (χ2v) is 11.1. The number of halogens is 7. The van der Waals surface area contributed by atoms with Crippen LogP contribution in [0.25, 0.3) is 0 Å². The number of nitrogens with zero attached hydrogens (tertiary/aromatic N) is 1. The Balaban J connectivity index is 2.09. The van der Waals surface area contributed by atoms with Gasteiger partial charge in [0.1, 0.15) is 11.6 Å². The number of esters is 1. The molecule has 40 heavy (non-hydrogen) atoms. The molecule has 1 saturated heterocycles. The lowest BCUT2D eigenvalue weighted by Crippen LogP contribution is -2.54. The van der Waals surface area contributed by atoms with Crippen LogP contribution in [0, 0.1) is 5.92 Å². The van der Waals surface area contributed by atoms with Gasteiger partial charge in [0.15, 0.2) is 0 Å². The molecule has 2 unspecified atom stereocenters. The molecule has 0 aliphatic carbocycles. The molecule has 2 aromatic rings. The summed E-state index contributed by atoms with van der Waals surface area (Å²) < 4.78 is 90.2. The summed E-state index contributed by atoms with van der Waals surface area (Å²) in [4.78, 5) is 25.5. The standard InChI is InChI=1S/C28H30ClF6NO4/c1-5-39-23(37)22-16-21(14-15-36(22)24(38)40-25(2,3)4)26(29,17-6-10-19(11-7-17)27(30,31)32)18-8-12-20(13-9-18)28(33,34)35/h6-13,21-22H,5,14-16H2,1-4H3. The molecule has 1 aliphatic rings. The smallest absolute Gasteiger partial charge is 0.416 e. The molecule has 1 fully saturated rings. The molecule has 12 heteroatoms. The van der Waals surface area contributed by atoms with E-state index in [1.165, 1.54) is 29.2 Å². The maximum Gasteiger partial charge on any atom is 0.416 e. The summed E-state index contributed by atoms with van der Waals surface area (Å²) in [5.74, 6) is -1.42. The number of hydrogen-bond donors (Lipinski definition) is 0. The molecule has 3 rings (SSSR count). The van der Waals surface area contributed by atoms with Gasteiger partial charge in [-0.3, -0.25) is 4.90 Å². The van der Waals surface area contributed by atoms with E-state index in [4.69, 9.17) is 21.1 Å². The summed E-state index contributed by atoms with van der Waals surface area (Å²) in [6.45, 7) is 6.58. The SMILES string of the molecule is CCOC(=O)C1CC(C(Cl)(c2ccc(C(F)(F)F)cc2)c2ccc(C(F)(F)F)cc2)CCN1C(=O)OC(C)(C)C. The van der Waals surface area contributed by atoms with Gasteiger partial charge >= 0.3 is 24.4 Å². The van der Waals surface area contributed by atoms with Crippen molar-refractivity contribution in [2.45, 2.75) is 69.4 Å². The highest BCUT2D eigenvalue weighted by Gasteiger charge is 2.48. The molecule has 0 radical (unpaired) electrons. The highest BCUT2D eigenvalue weighted by atomic mass is 35.5. The van der Waals surface area contributed by atoms with E-state index in [0.29, 0.717) is 0 Å². The molecular formula is C28H30ClF6NO4. The van der Waals surface area contributed by atoms with Crippen molar-refractivity contribution in [1.82, 2.24) is 4.90 Å². The number of rotatable bonds is 5. The first-order valence-corrected chi connectivity index (χ1v) is 13.0. The summed E-state index contributed by atoms with van der Waals surface area (Å²) in [5, 5.41) is 0. The molecule has 5 nitrogen and oxygen atoms in total. The molecule has 1 heterocycles. The monoisotopic (exact) mass is 593 g/mol. The second-order valence-electron chi connectivity index (χ2n) is 10.5. The zero-order valence-electron chi connectivity index (χ0n) is 22.3. The van der Waals surface area contributed by atoms with E-state index in [1.54, 1.807) is 27.7 Å². The van der Waals surface area contributed by atoms with Gasteiger partial charge < -0.3 is 9.47 Å². The number of carbonyl (C=O) groups is 2. The lowest BCUT2D eigenvalue weighted by molar-refractivity contribution is -0.151. The first-order valence-electron chi connectivity index (χ1n) is 12.6. The minimum Gasteiger partial charge on any atom is -0.464 e. The molecule has 0 spiro atoms. The van der Waals surface area contributed by atoms with Gasteiger partial charge in [0.05, 0.1) is 22.6 Å². The van der Waals surface area contributed by atoms with Crippen LogP contribution in [0.3, 0.4) is 0 Å². The average Bonchev–Trinajstić information content (AvgIpc) is 2.86. The fraction of sp³-hybridized carbons (Fsp3) is 0.500. The van der Waals surface area contributed by atoms with Gasteiger partial charge in [-0.25, -0.2) is 9.59 Å². The van der Waals surface area contributed by atoms with Crippen molar-refractivity contribution >= 4 is 23.7 Å². The number of piperidine rings is 1. The van der Waals surface area contributed by atoms with E-state index in [2.05, 4.69) is 0 Å². The molecule has 0 saturated carbocycles. The third-order valence-corrected chi connectivity index (χ3v) is 7.36. The quantitative estimate of drug-likeness (QED) is 0.202. The van der Waals surface area contributed by atoms with E-state index in [9.17, 15) is 35.9 Å².